The molecule has 9 nitrogen and oxygen atoms in total. The van der Waals surface area contributed by atoms with Crippen LogP contribution in [0.1, 0.15) is 21.6 Å². The first kappa shape index (κ1) is 21.1. The first-order valence-corrected chi connectivity index (χ1v) is 9.91. The molecule has 0 unspecified atom stereocenters. The van der Waals surface area contributed by atoms with Crippen LogP contribution >= 0.6 is 11.6 Å². The summed E-state index contributed by atoms with van der Waals surface area (Å²) in [6.07, 6.45) is 3.29. The summed E-state index contributed by atoms with van der Waals surface area (Å²) in [5.41, 5.74) is 0.775. The Balaban J connectivity index is 1.65. The van der Waals surface area contributed by atoms with Crippen molar-refractivity contribution < 1.29 is 9.72 Å². The van der Waals surface area contributed by atoms with Crippen molar-refractivity contribution in [3.8, 4) is 0 Å². The maximum Gasteiger partial charge on any atom is 0.288 e. The molecule has 4 rings (SSSR count). The molecule has 0 aliphatic carbocycles. The number of fused-ring (bicyclic) bond motifs is 1. The lowest BCUT2D eigenvalue weighted by Crippen LogP contribution is -2.29. The summed E-state index contributed by atoms with van der Waals surface area (Å²) in [7, 11) is 0. The molecule has 0 saturated carbocycles. The number of benzene rings is 2. The number of amides is 1. The highest BCUT2D eigenvalue weighted by Gasteiger charge is 2.17. The highest BCUT2D eigenvalue weighted by Crippen LogP contribution is 2.25. The van der Waals surface area contributed by atoms with E-state index in [2.05, 4.69) is 15.4 Å². The second-order valence-electron chi connectivity index (χ2n) is 6.92. The van der Waals surface area contributed by atoms with Crippen LogP contribution < -0.4 is 10.9 Å². The van der Waals surface area contributed by atoms with Crippen molar-refractivity contribution in [2.75, 3.05) is 0 Å². The van der Waals surface area contributed by atoms with Crippen LogP contribution in [0.2, 0.25) is 5.02 Å². The molecule has 1 N–H and O–H groups in total. The fraction of sp³-hybridized carbons (Fsp3) is 0.0909. The summed E-state index contributed by atoms with van der Waals surface area (Å²) in [6, 6.07) is 14.4. The Bertz CT molecular complexity index is 1390. The van der Waals surface area contributed by atoms with Crippen molar-refractivity contribution >= 4 is 34.0 Å². The van der Waals surface area contributed by atoms with Gasteiger partial charge in [0, 0.05) is 29.4 Å². The molecule has 0 fully saturated rings. The van der Waals surface area contributed by atoms with Gasteiger partial charge in [-0.25, -0.2) is 4.68 Å². The number of aromatic nitrogens is 3. The Morgan fingerprint density at radius 2 is 1.91 bits per heavy atom. The molecule has 0 radical (unpaired) electrons. The lowest BCUT2D eigenvalue weighted by molar-refractivity contribution is -0.384. The molecule has 0 bridgehead atoms. The average molecular weight is 450 g/mol. The van der Waals surface area contributed by atoms with Crippen LogP contribution in [-0.2, 0) is 13.1 Å². The zero-order valence-electron chi connectivity index (χ0n) is 16.6. The Hall–Kier alpha value is -4.11. The first-order chi connectivity index (χ1) is 15.4. The molecule has 4 aromatic rings. The van der Waals surface area contributed by atoms with Gasteiger partial charge >= 0.3 is 0 Å². The van der Waals surface area contributed by atoms with Gasteiger partial charge < -0.3 is 5.32 Å². The highest BCUT2D eigenvalue weighted by atomic mass is 35.5. The predicted molar refractivity (Wildman–Crippen MR) is 119 cm³/mol. The molecule has 160 valence electrons. The minimum Gasteiger partial charge on any atom is -0.346 e. The smallest absolute Gasteiger partial charge is 0.288 e. The van der Waals surface area contributed by atoms with E-state index < -0.39 is 10.8 Å². The minimum absolute atomic E-state index is 0.0170. The zero-order chi connectivity index (χ0) is 22.7. The van der Waals surface area contributed by atoms with Gasteiger partial charge in [0.25, 0.3) is 17.2 Å². The third-order valence-corrected chi connectivity index (χ3v) is 5.14. The number of hydrogen-bond acceptors (Lipinski definition) is 6. The number of pyridine rings is 1. The third-order valence-electron chi connectivity index (χ3n) is 4.82. The van der Waals surface area contributed by atoms with E-state index in [1.807, 2.05) is 6.07 Å². The maximum atomic E-state index is 12.9. The Kier molecular flexibility index (Phi) is 5.91. The second kappa shape index (κ2) is 8.94. The highest BCUT2D eigenvalue weighted by molar-refractivity contribution is 6.32. The largest absolute Gasteiger partial charge is 0.346 e. The third kappa shape index (κ3) is 4.33. The van der Waals surface area contributed by atoms with Crippen molar-refractivity contribution in [3.63, 3.8) is 0 Å². The number of nitrogens with one attached hydrogen (secondary N) is 1. The topological polar surface area (TPSA) is 120 Å². The summed E-state index contributed by atoms with van der Waals surface area (Å²) in [5, 5.41) is 19.3. The van der Waals surface area contributed by atoms with Crippen LogP contribution in [0.15, 0.2) is 71.8 Å². The van der Waals surface area contributed by atoms with Crippen LogP contribution in [0.25, 0.3) is 10.8 Å². The number of hydrogen-bond donors (Lipinski definition) is 1. The summed E-state index contributed by atoms with van der Waals surface area (Å²) >= 11 is 5.81. The SMILES string of the molecule is O=C(NCc1nn(Cc2cccnc2)c(=O)c2ccccc12)c1ccc(Cl)c([N+](=O)[O-])c1. The van der Waals surface area contributed by atoms with Crippen LogP contribution in [0.3, 0.4) is 0 Å². The molecular formula is C22H16ClN5O4. The molecule has 32 heavy (non-hydrogen) atoms. The number of carbonyl (C=O) groups excluding carboxylic acids is 1. The predicted octanol–water partition coefficient (Wildman–Crippen LogP) is 3.33. The number of nitro benzene ring substituents is 1. The van der Waals surface area contributed by atoms with Gasteiger partial charge in [0.05, 0.1) is 29.1 Å². The zero-order valence-corrected chi connectivity index (χ0v) is 17.3. The fourth-order valence-electron chi connectivity index (χ4n) is 3.27. The fourth-order valence-corrected chi connectivity index (χ4v) is 3.45. The van der Waals surface area contributed by atoms with E-state index in [4.69, 9.17) is 11.6 Å². The van der Waals surface area contributed by atoms with Gasteiger partial charge in [-0.2, -0.15) is 5.10 Å². The minimum atomic E-state index is -0.650. The van der Waals surface area contributed by atoms with E-state index >= 15 is 0 Å². The molecule has 2 aromatic heterocycles. The Morgan fingerprint density at radius 3 is 2.62 bits per heavy atom. The van der Waals surface area contributed by atoms with Gasteiger partial charge in [-0.3, -0.25) is 24.7 Å². The van der Waals surface area contributed by atoms with Crippen molar-refractivity contribution in [2.45, 2.75) is 13.1 Å². The molecule has 1 amide bonds. The Morgan fingerprint density at radius 1 is 1.12 bits per heavy atom. The maximum absolute atomic E-state index is 12.9. The molecular weight excluding hydrogens is 434 g/mol. The standard InChI is InChI=1S/C22H16ClN5O4/c23-18-8-7-15(10-20(18)28(31)32)21(29)25-12-19-16-5-1-2-6-17(16)22(30)27(26-19)13-14-4-3-9-24-11-14/h1-11H,12-13H2,(H,25,29). The van der Waals surface area contributed by atoms with Crippen LogP contribution in [0.5, 0.6) is 0 Å². The van der Waals surface area contributed by atoms with Crippen molar-refractivity contribution in [1.82, 2.24) is 20.1 Å². The van der Waals surface area contributed by atoms with E-state index in [1.54, 1.807) is 42.7 Å². The summed E-state index contributed by atoms with van der Waals surface area (Å²) < 4.78 is 1.33. The van der Waals surface area contributed by atoms with E-state index in [0.29, 0.717) is 16.5 Å². The van der Waals surface area contributed by atoms with E-state index in [1.165, 1.54) is 16.8 Å². The number of nitro groups is 1. The molecule has 10 heteroatoms. The molecule has 0 atom stereocenters. The lowest BCUT2D eigenvalue weighted by Gasteiger charge is -2.12. The molecule has 0 aliphatic rings. The van der Waals surface area contributed by atoms with E-state index in [0.717, 1.165) is 11.6 Å². The van der Waals surface area contributed by atoms with Crippen molar-refractivity contribution in [2.24, 2.45) is 0 Å². The van der Waals surface area contributed by atoms with Crippen LogP contribution in [-0.4, -0.2) is 25.6 Å². The number of halogens is 1. The molecule has 0 saturated heterocycles. The molecule has 2 aromatic carbocycles. The number of rotatable bonds is 6. The van der Waals surface area contributed by atoms with Crippen LogP contribution in [0.4, 0.5) is 5.69 Å². The second-order valence-corrected chi connectivity index (χ2v) is 7.33. The number of nitrogens with zero attached hydrogens (tertiary/aromatic N) is 4. The molecule has 2 heterocycles. The first-order valence-electron chi connectivity index (χ1n) is 9.54. The van der Waals surface area contributed by atoms with Crippen molar-refractivity contribution in [1.29, 1.82) is 0 Å². The lowest BCUT2D eigenvalue weighted by atomic mass is 10.1. The summed E-state index contributed by atoms with van der Waals surface area (Å²) in [5.74, 6) is -0.527. The van der Waals surface area contributed by atoms with Crippen molar-refractivity contribution in [3.05, 3.63) is 109 Å². The van der Waals surface area contributed by atoms with Gasteiger partial charge in [0.1, 0.15) is 5.02 Å². The number of carbonyl (C=O) groups is 1. The monoisotopic (exact) mass is 449 g/mol. The van der Waals surface area contributed by atoms with Crippen LogP contribution in [0, 0.1) is 10.1 Å². The quantitative estimate of drug-likeness (QED) is 0.356. The molecule has 0 aliphatic heterocycles. The average Bonchev–Trinajstić information content (AvgIpc) is 2.80. The van der Waals surface area contributed by atoms with Gasteiger partial charge in [-0.05, 0) is 29.8 Å². The van der Waals surface area contributed by atoms with E-state index in [-0.39, 0.29) is 34.9 Å². The van der Waals surface area contributed by atoms with E-state index in [9.17, 15) is 19.7 Å². The van der Waals surface area contributed by atoms with Gasteiger partial charge in [0.2, 0.25) is 0 Å². The van der Waals surface area contributed by atoms with Gasteiger partial charge in [0.15, 0.2) is 0 Å². The van der Waals surface area contributed by atoms with Gasteiger partial charge in [-0.15, -0.1) is 0 Å². The normalized spacial score (nSPS) is 10.8. The Labute approximate surface area is 186 Å². The summed E-state index contributed by atoms with van der Waals surface area (Å²) in [4.78, 5) is 40.0. The summed E-state index contributed by atoms with van der Waals surface area (Å²) in [6.45, 7) is 0.241. The van der Waals surface area contributed by atoms with Gasteiger partial charge in [-0.1, -0.05) is 35.9 Å². The molecule has 0 spiro atoms.